The number of thiazole rings is 1. The van der Waals surface area contributed by atoms with Gasteiger partial charge in [-0.05, 0) is 51.9 Å². The fourth-order valence-electron chi connectivity index (χ4n) is 3.14. The lowest BCUT2D eigenvalue weighted by Gasteiger charge is -2.14. The average Bonchev–Trinajstić information content (AvgIpc) is 3.31. The molecule has 27 heavy (non-hydrogen) atoms. The number of hydrogen-bond acceptors (Lipinski definition) is 6. The first kappa shape index (κ1) is 19.5. The van der Waals surface area contributed by atoms with Crippen LogP contribution in [0.4, 0.5) is 0 Å². The molecule has 1 amide bonds. The molecule has 0 unspecified atom stereocenters. The Morgan fingerprint density at radius 3 is 2.81 bits per heavy atom. The van der Waals surface area contributed by atoms with E-state index in [2.05, 4.69) is 15.2 Å². The summed E-state index contributed by atoms with van der Waals surface area (Å²) in [5.41, 5.74) is 2.00. The van der Waals surface area contributed by atoms with E-state index in [1.54, 1.807) is 25.1 Å². The highest BCUT2D eigenvalue weighted by Crippen LogP contribution is 2.28. The summed E-state index contributed by atoms with van der Waals surface area (Å²) >= 11 is 1.35. The Balaban J connectivity index is 1.67. The summed E-state index contributed by atoms with van der Waals surface area (Å²) in [6.07, 6.45) is 2.49. The van der Waals surface area contributed by atoms with E-state index in [1.165, 1.54) is 24.2 Å². The zero-order valence-electron chi connectivity index (χ0n) is 15.8. The molecule has 1 N–H and O–H groups in total. The molecule has 144 valence electrons. The number of carbonyl (C=O) groups is 2. The second kappa shape index (κ2) is 9.10. The molecule has 6 nitrogen and oxygen atoms in total. The summed E-state index contributed by atoms with van der Waals surface area (Å²) in [6.45, 7) is 7.72. The Labute approximate surface area is 163 Å². The largest absolute Gasteiger partial charge is 0.462 e. The van der Waals surface area contributed by atoms with Gasteiger partial charge in [-0.1, -0.05) is 12.1 Å². The fraction of sp³-hybridized carbons (Fsp3) is 0.450. The van der Waals surface area contributed by atoms with E-state index in [0.29, 0.717) is 29.3 Å². The van der Waals surface area contributed by atoms with Gasteiger partial charge in [0.2, 0.25) is 0 Å². The maximum absolute atomic E-state index is 12.5. The van der Waals surface area contributed by atoms with E-state index in [1.807, 2.05) is 13.0 Å². The van der Waals surface area contributed by atoms with Crippen LogP contribution in [0.2, 0.25) is 0 Å². The van der Waals surface area contributed by atoms with Crippen LogP contribution < -0.4 is 5.32 Å². The van der Waals surface area contributed by atoms with Gasteiger partial charge in [0.1, 0.15) is 9.88 Å². The van der Waals surface area contributed by atoms with E-state index in [0.717, 1.165) is 30.2 Å². The van der Waals surface area contributed by atoms with Crippen LogP contribution in [0.3, 0.4) is 0 Å². The lowest BCUT2D eigenvalue weighted by molar-refractivity contribution is 0.0526. The normalized spacial score (nSPS) is 14.3. The first-order chi connectivity index (χ1) is 13.1. The predicted molar refractivity (Wildman–Crippen MR) is 106 cm³/mol. The zero-order chi connectivity index (χ0) is 19.2. The molecular formula is C20H25N3O3S. The number of aromatic nitrogens is 1. The van der Waals surface area contributed by atoms with Crippen LogP contribution in [0.15, 0.2) is 24.3 Å². The molecule has 0 atom stereocenters. The minimum Gasteiger partial charge on any atom is -0.462 e. The van der Waals surface area contributed by atoms with Gasteiger partial charge in [0.15, 0.2) is 0 Å². The van der Waals surface area contributed by atoms with Crippen LogP contribution >= 0.6 is 11.3 Å². The van der Waals surface area contributed by atoms with Gasteiger partial charge in [0.25, 0.3) is 5.91 Å². The predicted octanol–water partition coefficient (Wildman–Crippen LogP) is 3.12. The van der Waals surface area contributed by atoms with Crippen LogP contribution in [0.5, 0.6) is 0 Å². The molecule has 1 aliphatic rings. The third-order valence-corrected chi connectivity index (χ3v) is 5.74. The van der Waals surface area contributed by atoms with Gasteiger partial charge >= 0.3 is 5.97 Å². The Morgan fingerprint density at radius 2 is 2.07 bits per heavy atom. The molecule has 3 rings (SSSR count). The number of likely N-dealkylation sites (tertiary alicyclic amines) is 1. The quantitative estimate of drug-likeness (QED) is 0.739. The summed E-state index contributed by atoms with van der Waals surface area (Å²) in [4.78, 5) is 32.0. The molecule has 1 aliphatic heterocycles. The molecule has 0 radical (unpaired) electrons. The molecule has 1 fully saturated rings. The molecule has 0 bridgehead atoms. The van der Waals surface area contributed by atoms with Gasteiger partial charge in [-0.2, -0.15) is 0 Å². The van der Waals surface area contributed by atoms with Crippen molar-refractivity contribution in [1.29, 1.82) is 0 Å². The molecule has 1 aromatic carbocycles. The monoisotopic (exact) mass is 387 g/mol. The van der Waals surface area contributed by atoms with Crippen molar-refractivity contribution in [3.8, 4) is 10.6 Å². The van der Waals surface area contributed by atoms with Crippen molar-refractivity contribution in [2.24, 2.45) is 0 Å². The van der Waals surface area contributed by atoms with Crippen LogP contribution in [0.1, 0.15) is 45.5 Å². The van der Waals surface area contributed by atoms with Crippen LogP contribution in [-0.4, -0.2) is 54.5 Å². The number of esters is 1. The molecule has 0 saturated carbocycles. The standard InChI is InChI=1S/C20H25N3O3S/c1-3-26-20(25)16-8-6-7-15(13-16)19-22-14(2)17(27-19)18(24)21-9-12-23-10-4-5-11-23/h6-8,13H,3-5,9-12H2,1-2H3,(H,21,24). The first-order valence-electron chi connectivity index (χ1n) is 9.34. The number of nitrogens with one attached hydrogen (secondary N) is 1. The zero-order valence-corrected chi connectivity index (χ0v) is 16.6. The third-order valence-electron chi connectivity index (χ3n) is 4.54. The Hall–Kier alpha value is -2.25. The molecule has 0 spiro atoms. The number of carbonyl (C=O) groups excluding carboxylic acids is 2. The fourth-order valence-corrected chi connectivity index (χ4v) is 4.12. The van der Waals surface area contributed by atoms with Crippen molar-refractivity contribution >= 4 is 23.2 Å². The van der Waals surface area contributed by atoms with Crippen LogP contribution in [0, 0.1) is 6.92 Å². The summed E-state index contributed by atoms with van der Waals surface area (Å²) in [5, 5.41) is 3.72. The molecule has 1 aromatic heterocycles. The van der Waals surface area contributed by atoms with Gasteiger partial charge in [0.05, 0.1) is 17.9 Å². The molecule has 2 aromatic rings. The summed E-state index contributed by atoms with van der Waals surface area (Å²) in [6, 6.07) is 7.16. The van der Waals surface area contributed by atoms with Gasteiger partial charge in [0, 0.05) is 18.7 Å². The van der Waals surface area contributed by atoms with Crippen LogP contribution in [-0.2, 0) is 4.74 Å². The highest BCUT2D eigenvalue weighted by Gasteiger charge is 2.18. The number of benzene rings is 1. The summed E-state index contributed by atoms with van der Waals surface area (Å²) < 4.78 is 5.05. The van der Waals surface area contributed by atoms with Crippen LogP contribution in [0.25, 0.3) is 10.6 Å². The second-order valence-electron chi connectivity index (χ2n) is 6.54. The third kappa shape index (κ3) is 4.93. The molecule has 1 saturated heterocycles. The minimum atomic E-state index is -0.354. The Morgan fingerprint density at radius 1 is 1.30 bits per heavy atom. The lowest BCUT2D eigenvalue weighted by atomic mass is 10.1. The number of aryl methyl sites for hydroxylation is 1. The van der Waals surface area contributed by atoms with E-state index in [9.17, 15) is 9.59 Å². The van der Waals surface area contributed by atoms with Crippen molar-refractivity contribution in [1.82, 2.24) is 15.2 Å². The Bertz CT molecular complexity index is 813. The maximum atomic E-state index is 12.5. The van der Waals surface area contributed by atoms with Gasteiger partial charge in [-0.3, -0.25) is 4.79 Å². The molecule has 2 heterocycles. The van der Waals surface area contributed by atoms with Crippen molar-refractivity contribution in [3.63, 3.8) is 0 Å². The van der Waals surface area contributed by atoms with Crippen molar-refractivity contribution < 1.29 is 14.3 Å². The number of ether oxygens (including phenoxy) is 1. The highest BCUT2D eigenvalue weighted by atomic mass is 32.1. The van der Waals surface area contributed by atoms with Gasteiger partial charge in [-0.25, -0.2) is 9.78 Å². The summed E-state index contributed by atoms with van der Waals surface area (Å²) in [5.74, 6) is -0.440. The lowest BCUT2D eigenvalue weighted by Crippen LogP contribution is -2.33. The van der Waals surface area contributed by atoms with Crippen molar-refractivity contribution in [2.45, 2.75) is 26.7 Å². The average molecular weight is 388 g/mol. The van der Waals surface area contributed by atoms with Crippen molar-refractivity contribution in [2.75, 3.05) is 32.8 Å². The first-order valence-corrected chi connectivity index (χ1v) is 10.2. The summed E-state index contributed by atoms with van der Waals surface area (Å²) in [7, 11) is 0. The van der Waals surface area contributed by atoms with Crippen molar-refractivity contribution in [3.05, 3.63) is 40.4 Å². The van der Waals surface area contributed by atoms with E-state index in [-0.39, 0.29) is 11.9 Å². The molecule has 0 aliphatic carbocycles. The highest BCUT2D eigenvalue weighted by molar-refractivity contribution is 7.17. The van der Waals surface area contributed by atoms with E-state index in [4.69, 9.17) is 4.74 Å². The maximum Gasteiger partial charge on any atom is 0.338 e. The molecular weight excluding hydrogens is 362 g/mol. The van der Waals surface area contributed by atoms with E-state index >= 15 is 0 Å². The molecule has 7 heteroatoms. The smallest absolute Gasteiger partial charge is 0.338 e. The topological polar surface area (TPSA) is 71.5 Å². The number of nitrogens with zero attached hydrogens (tertiary/aromatic N) is 2. The SMILES string of the molecule is CCOC(=O)c1cccc(-c2nc(C)c(C(=O)NCCN3CCCC3)s2)c1. The van der Waals surface area contributed by atoms with Gasteiger partial charge < -0.3 is 15.0 Å². The Kier molecular flexibility index (Phi) is 6.58. The number of hydrogen-bond donors (Lipinski definition) is 1. The second-order valence-corrected chi connectivity index (χ2v) is 7.54. The van der Waals surface area contributed by atoms with E-state index < -0.39 is 0 Å². The number of amides is 1. The number of rotatable bonds is 7. The van der Waals surface area contributed by atoms with Gasteiger partial charge in [-0.15, -0.1) is 11.3 Å². The minimum absolute atomic E-state index is 0.0861.